The van der Waals surface area contributed by atoms with Crippen LogP contribution in [-0.4, -0.2) is 48.5 Å². The predicted octanol–water partition coefficient (Wildman–Crippen LogP) is 4.16. The van der Waals surface area contributed by atoms with E-state index in [-0.39, 0.29) is 10.8 Å². The number of urea groups is 1. The molecular formula is C20H30N2O2S. The van der Waals surface area contributed by atoms with Gasteiger partial charge in [-0.15, -0.1) is 11.8 Å². The maximum Gasteiger partial charge on any atom is 0.317 e. The molecule has 1 atom stereocenters. The molecule has 1 saturated heterocycles. The Hall–Kier alpha value is -1.20. The third-order valence-corrected chi connectivity index (χ3v) is 6.82. The van der Waals surface area contributed by atoms with Crippen LogP contribution >= 0.6 is 11.8 Å². The van der Waals surface area contributed by atoms with Gasteiger partial charge in [-0.1, -0.05) is 31.0 Å². The molecule has 3 rings (SSSR count). The van der Waals surface area contributed by atoms with Crippen molar-refractivity contribution in [2.45, 2.75) is 48.7 Å². The largest absolute Gasteiger partial charge is 0.381 e. The zero-order valence-electron chi connectivity index (χ0n) is 15.2. The van der Waals surface area contributed by atoms with Gasteiger partial charge in [0.15, 0.2) is 0 Å². The summed E-state index contributed by atoms with van der Waals surface area (Å²) in [4.78, 5) is 15.9. The first-order valence-corrected chi connectivity index (χ1v) is 10.4. The first kappa shape index (κ1) is 18.6. The van der Waals surface area contributed by atoms with E-state index in [0.29, 0.717) is 5.92 Å². The molecule has 138 valence electrons. The Morgan fingerprint density at radius 3 is 2.72 bits per heavy atom. The Morgan fingerprint density at radius 1 is 1.32 bits per heavy atom. The standard InChI is InChI=1S/C20H30N2O2S/c1-2-22(14-17-10-13-24-15-17)19(23)21-16-20(11-6-7-12-20)25-18-8-4-3-5-9-18/h3-5,8-9,17H,2,6-7,10-16H2,1H3,(H,21,23). The quantitative estimate of drug-likeness (QED) is 0.792. The predicted molar refractivity (Wildman–Crippen MR) is 103 cm³/mol. The molecule has 1 aromatic rings. The molecule has 2 aliphatic rings. The minimum absolute atomic E-state index is 0.0781. The second-order valence-corrected chi connectivity index (χ2v) is 8.77. The van der Waals surface area contributed by atoms with Gasteiger partial charge in [0.05, 0.1) is 6.61 Å². The first-order chi connectivity index (χ1) is 12.2. The second-order valence-electron chi connectivity index (χ2n) is 7.23. The third kappa shape index (κ3) is 5.14. The zero-order valence-corrected chi connectivity index (χ0v) is 16.0. The number of ether oxygens (including phenoxy) is 1. The summed E-state index contributed by atoms with van der Waals surface area (Å²) in [5.41, 5.74) is 0. The third-order valence-electron chi connectivity index (χ3n) is 5.33. The van der Waals surface area contributed by atoms with E-state index in [2.05, 4.69) is 42.6 Å². The van der Waals surface area contributed by atoms with Crippen molar-refractivity contribution < 1.29 is 9.53 Å². The number of rotatable bonds is 7. The number of hydrogen-bond acceptors (Lipinski definition) is 3. The average molecular weight is 363 g/mol. The molecule has 4 nitrogen and oxygen atoms in total. The minimum Gasteiger partial charge on any atom is -0.381 e. The van der Waals surface area contributed by atoms with E-state index in [1.807, 2.05) is 16.7 Å². The van der Waals surface area contributed by atoms with Crippen molar-refractivity contribution in [2.24, 2.45) is 5.92 Å². The van der Waals surface area contributed by atoms with Crippen LogP contribution in [0, 0.1) is 5.92 Å². The lowest BCUT2D eigenvalue weighted by molar-refractivity contribution is 0.166. The molecule has 0 spiro atoms. The summed E-state index contributed by atoms with van der Waals surface area (Å²) < 4.78 is 5.59. The highest BCUT2D eigenvalue weighted by atomic mass is 32.2. The summed E-state index contributed by atoms with van der Waals surface area (Å²) in [6.07, 6.45) is 5.93. The van der Waals surface area contributed by atoms with Crippen molar-refractivity contribution in [3.05, 3.63) is 30.3 Å². The summed E-state index contributed by atoms with van der Waals surface area (Å²) in [6.45, 7) is 5.99. The lowest BCUT2D eigenvalue weighted by Crippen LogP contribution is -2.47. The molecule has 1 unspecified atom stereocenters. The van der Waals surface area contributed by atoms with Gasteiger partial charge in [0, 0.05) is 41.8 Å². The fraction of sp³-hybridized carbons (Fsp3) is 0.650. The van der Waals surface area contributed by atoms with Gasteiger partial charge in [-0.25, -0.2) is 4.79 Å². The van der Waals surface area contributed by atoms with E-state index in [1.54, 1.807) is 0 Å². The maximum atomic E-state index is 12.7. The van der Waals surface area contributed by atoms with Crippen molar-refractivity contribution in [3.8, 4) is 0 Å². The van der Waals surface area contributed by atoms with Gasteiger partial charge in [0.25, 0.3) is 0 Å². The van der Waals surface area contributed by atoms with Crippen LogP contribution in [0.3, 0.4) is 0 Å². The molecule has 0 bridgehead atoms. The van der Waals surface area contributed by atoms with Crippen LogP contribution in [0.2, 0.25) is 0 Å². The highest BCUT2D eigenvalue weighted by Gasteiger charge is 2.35. The normalized spacial score (nSPS) is 22.0. The van der Waals surface area contributed by atoms with Gasteiger partial charge in [0.1, 0.15) is 0 Å². The molecule has 0 radical (unpaired) electrons. The molecule has 1 aliphatic carbocycles. The number of thioether (sulfide) groups is 1. The molecule has 1 aromatic carbocycles. The Labute approximate surface area is 155 Å². The Morgan fingerprint density at radius 2 is 2.08 bits per heavy atom. The SMILES string of the molecule is CCN(CC1CCOC1)C(=O)NCC1(Sc2ccccc2)CCCC1. The molecule has 1 aliphatic heterocycles. The van der Waals surface area contributed by atoms with Crippen LogP contribution in [0.4, 0.5) is 4.79 Å². The average Bonchev–Trinajstić information content (AvgIpc) is 3.31. The number of benzene rings is 1. The highest BCUT2D eigenvalue weighted by molar-refractivity contribution is 8.00. The highest BCUT2D eigenvalue weighted by Crippen LogP contribution is 2.44. The van der Waals surface area contributed by atoms with Crippen LogP contribution in [0.15, 0.2) is 35.2 Å². The molecular weight excluding hydrogens is 332 g/mol. The number of carbonyl (C=O) groups is 1. The van der Waals surface area contributed by atoms with Crippen LogP contribution < -0.4 is 5.32 Å². The van der Waals surface area contributed by atoms with Gasteiger partial charge in [-0.05, 0) is 38.3 Å². The van der Waals surface area contributed by atoms with Crippen molar-refractivity contribution in [1.29, 1.82) is 0 Å². The van der Waals surface area contributed by atoms with Crippen molar-refractivity contribution in [3.63, 3.8) is 0 Å². The van der Waals surface area contributed by atoms with Gasteiger partial charge >= 0.3 is 6.03 Å². The number of carbonyl (C=O) groups excluding carboxylic acids is 1. The Kier molecular flexibility index (Phi) is 6.65. The summed E-state index contributed by atoms with van der Waals surface area (Å²) in [5.74, 6) is 0.491. The van der Waals surface area contributed by atoms with Crippen LogP contribution in [0.1, 0.15) is 39.0 Å². The van der Waals surface area contributed by atoms with Gasteiger partial charge in [-0.2, -0.15) is 0 Å². The van der Waals surface area contributed by atoms with Crippen molar-refractivity contribution in [1.82, 2.24) is 10.2 Å². The molecule has 0 aromatic heterocycles. The van der Waals surface area contributed by atoms with E-state index < -0.39 is 0 Å². The molecule has 2 amide bonds. The summed E-state index contributed by atoms with van der Waals surface area (Å²) in [7, 11) is 0. The van der Waals surface area contributed by atoms with Crippen LogP contribution in [0.25, 0.3) is 0 Å². The summed E-state index contributed by atoms with van der Waals surface area (Å²) >= 11 is 1.94. The monoisotopic (exact) mass is 362 g/mol. The molecule has 1 N–H and O–H groups in total. The van der Waals surface area contributed by atoms with E-state index in [4.69, 9.17) is 4.74 Å². The lowest BCUT2D eigenvalue weighted by Gasteiger charge is -2.31. The lowest BCUT2D eigenvalue weighted by atomic mass is 10.1. The number of nitrogens with one attached hydrogen (secondary N) is 1. The summed E-state index contributed by atoms with van der Waals surface area (Å²) in [6, 6.07) is 10.7. The van der Waals surface area contributed by atoms with E-state index in [0.717, 1.165) is 39.3 Å². The van der Waals surface area contributed by atoms with Gasteiger partial charge in [0.2, 0.25) is 0 Å². The van der Waals surface area contributed by atoms with Crippen LogP contribution in [-0.2, 0) is 4.74 Å². The number of nitrogens with zero attached hydrogens (tertiary/aromatic N) is 1. The minimum atomic E-state index is 0.0781. The van der Waals surface area contributed by atoms with Crippen LogP contribution in [0.5, 0.6) is 0 Å². The molecule has 25 heavy (non-hydrogen) atoms. The topological polar surface area (TPSA) is 41.6 Å². The smallest absolute Gasteiger partial charge is 0.317 e. The fourth-order valence-corrected chi connectivity index (χ4v) is 5.25. The molecule has 1 saturated carbocycles. The van der Waals surface area contributed by atoms with E-state index in [1.165, 1.54) is 30.6 Å². The van der Waals surface area contributed by atoms with Gasteiger partial charge in [-0.3, -0.25) is 0 Å². The Balaban J connectivity index is 1.55. The van der Waals surface area contributed by atoms with Gasteiger partial charge < -0.3 is 15.0 Å². The fourth-order valence-electron chi connectivity index (χ4n) is 3.82. The Bertz CT molecular complexity index is 540. The summed E-state index contributed by atoms with van der Waals surface area (Å²) in [5, 5.41) is 3.24. The van der Waals surface area contributed by atoms with E-state index in [9.17, 15) is 4.79 Å². The number of amides is 2. The maximum absolute atomic E-state index is 12.7. The van der Waals surface area contributed by atoms with E-state index >= 15 is 0 Å². The number of hydrogen-bond donors (Lipinski definition) is 1. The second kappa shape index (κ2) is 8.95. The molecule has 5 heteroatoms. The molecule has 1 heterocycles. The van der Waals surface area contributed by atoms with Crippen molar-refractivity contribution >= 4 is 17.8 Å². The first-order valence-electron chi connectivity index (χ1n) is 9.55. The zero-order chi connectivity index (χ0) is 17.5. The van der Waals surface area contributed by atoms with Crippen molar-refractivity contribution in [2.75, 3.05) is 32.8 Å². The molecule has 2 fully saturated rings.